The van der Waals surface area contributed by atoms with Crippen molar-refractivity contribution in [2.45, 2.75) is 19.3 Å². The van der Waals surface area contributed by atoms with Gasteiger partial charge in [-0.2, -0.15) is 4.98 Å². The van der Waals surface area contributed by atoms with Crippen LogP contribution in [0.2, 0.25) is 5.02 Å². The molecule has 0 saturated heterocycles. The molecule has 0 bridgehead atoms. The van der Waals surface area contributed by atoms with Gasteiger partial charge in [-0.15, -0.1) is 11.6 Å². The van der Waals surface area contributed by atoms with Crippen LogP contribution in [0.15, 0.2) is 22.7 Å². The van der Waals surface area contributed by atoms with E-state index < -0.39 is 0 Å². The number of fused-ring (bicyclic) bond motifs is 1. The molecule has 3 rings (SSSR count). The highest BCUT2D eigenvalue weighted by Gasteiger charge is 2.13. The molecule has 98 valence electrons. The van der Waals surface area contributed by atoms with Crippen molar-refractivity contribution in [1.82, 2.24) is 19.7 Å². The standard InChI is InChI=1S/C12H10Cl2N4O/c1-7-15-11(17-19-7)6-18-10-3-2-8(14)4-9(10)16-12(18)5-13/h2-4H,5-6H2,1H3. The topological polar surface area (TPSA) is 56.7 Å². The normalized spacial score (nSPS) is 11.3. The third kappa shape index (κ3) is 2.31. The zero-order chi connectivity index (χ0) is 13.4. The van der Waals surface area contributed by atoms with Gasteiger partial charge in [0.25, 0.3) is 0 Å². The van der Waals surface area contributed by atoms with Crippen LogP contribution in [0.1, 0.15) is 17.5 Å². The molecule has 0 radical (unpaired) electrons. The maximum absolute atomic E-state index is 5.97. The average molecular weight is 297 g/mol. The van der Waals surface area contributed by atoms with E-state index in [-0.39, 0.29) is 0 Å². The summed E-state index contributed by atoms with van der Waals surface area (Å²) in [7, 11) is 0. The molecular weight excluding hydrogens is 287 g/mol. The van der Waals surface area contributed by atoms with Crippen molar-refractivity contribution >= 4 is 34.2 Å². The lowest BCUT2D eigenvalue weighted by molar-refractivity contribution is 0.386. The Labute approximate surface area is 119 Å². The van der Waals surface area contributed by atoms with E-state index in [1.54, 1.807) is 6.92 Å². The van der Waals surface area contributed by atoms with E-state index in [0.717, 1.165) is 16.9 Å². The molecule has 0 N–H and O–H groups in total. The lowest BCUT2D eigenvalue weighted by atomic mass is 10.3. The van der Waals surface area contributed by atoms with E-state index in [2.05, 4.69) is 15.1 Å². The molecule has 0 atom stereocenters. The summed E-state index contributed by atoms with van der Waals surface area (Å²) in [6.07, 6.45) is 0. The second-order valence-electron chi connectivity index (χ2n) is 4.11. The van der Waals surface area contributed by atoms with Gasteiger partial charge in [0.1, 0.15) is 5.82 Å². The Hall–Kier alpha value is -1.59. The maximum Gasteiger partial charge on any atom is 0.223 e. The number of aromatic nitrogens is 4. The predicted octanol–water partition coefficient (Wildman–Crippen LogP) is 3.17. The largest absolute Gasteiger partial charge is 0.340 e. The number of hydrogen-bond donors (Lipinski definition) is 0. The van der Waals surface area contributed by atoms with Crippen LogP contribution in [0, 0.1) is 6.92 Å². The lowest BCUT2D eigenvalue weighted by Crippen LogP contribution is -2.05. The summed E-state index contributed by atoms with van der Waals surface area (Å²) >= 11 is 11.9. The van der Waals surface area contributed by atoms with E-state index in [4.69, 9.17) is 27.7 Å². The number of alkyl halides is 1. The quantitative estimate of drug-likeness (QED) is 0.697. The molecule has 3 aromatic rings. The van der Waals surface area contributed by atoms with Gasteiger partial charge in [0.2, 0.25) is 5.89 Å². The van der Waals surface area contributed by atoms with Crippen molar-refractivity contribution in [1.29, 1.82) is 0 Å². The van der Waals surface area contributed by atoms with Crippen molar-refractivity contribution in [2.24, 2.45) is 0 Å². The van der Waals surface area contributed by atoms with Gasteiger partial charge in [0, 0.05) is 11.9 Å². The molecule has 0 aliphatic heterocycles. The predicted molar refractivity (Wildman–Crippen MR) is 72.4 cm³/mol. The van der Waals surface area contributed by atoms with Crippen LogP contribution in [0.5, 0.6) is 0 Å². The van der Waals surface area contributed by atoms with Crippen LogP contribution in [-0.2, 0) is 12.4 Å². The van der Waals surface area contributed by atoms with Crippen LogP contribution < -0.4 is 0 Å². The molecule has 0 aliphatic rings. The average Bonchev–Trinajstić information content (AvgIpc) is 2.94. The second-order valence-corrected chi connectivity index (χ2v) is 4.81. The van der Waals surface area contributed by atoms with E-state index in [1.807, 2.05) is 22.8 Å². The monoisotopic (exact) mass is 296 g/mol. The first-order valence-electron chi connectivity index (χ1n) is 5.67. The van der Waals surface area contributed by atoms with Crippen molar-refractivity contribution in [2.75, 3.05) is 0 Å². The van der Waals surface area contributed by atoms with Gasteiger partial charge in [0.15, 0.2) is 5.82 Å². The summed E-state index contributed by atoms with van der Waals surface area (Å²) in [6, 6.07) is 5.54. The van der Waals surface area contributed by atoms with Crippen LogP contribution in [-0.4, -0.2) is 19.7 Å². The van der Waals surface area contributed by atoms with E-state index in [0.29, 0.717) is 29.2 Å². The van der Waals surface area contributed by atoms with Gasteiger partial charge in [-0.05, 0) is 18.2 Å². The number of nitrogens with zero attached hydrogens (tertiary/aromatic N) is 4. The van der Waals surface area contributed by atoms with Gasteiger partial charge in [-0.1, -0.05) is 16.8 Å². The summed E-state index contributed by atoms with van der Waals surface area (Å²) in [5.41, 5.74) is 1.76. The van der Waals surface area contributed by atoms with E-state index in [1.165, 1.54) is 0 Å². The van der Waals surface area contributed by atoms with E-state index in [9.17, 15) is 0 Å². The molecule has 5 nitrogen and oxygen atoms in total. The molecule has 2 heterocycles. The Bertz CT molecular complexity index is 734. The number of aryl methyl sites for hydroxylation is 1. The minimum absolute atomic E-state index is 0.309. The van der Waals surface area contributed by atoms with Crippen molar-refractivity contribution < 1.29 is 4.52 Å². The van der Waals surface area contributed by atoms with E-state index >= 15 is 0 Å². The molecule has 0 saturated carbocycles. The number of rotatable bonds is 3. The Kier molecular flexibility index (Phi) is 3.16. The minimum Gasteiger partial charge on any atom is -0.340 e. The Morgan fingerprint density at radius 1 is 1.32 bits per heavy atom. The number of imidazole rings is 1. The highest BCUT2D eigenvalue weighted by molar-refractivity contribution is 6.31. The van der Waals surface area contributed by atoms with Gasteiger partial charge >= 0.3 is 0 Å². The summed E-state index contributed by atoms with van der Waals surface area (Å²) in [4.78, 5) is 8.65. The first kappa shape index (κ1) is 12.4. The SMILES string of the molecule is Cc1nc(Cn2c(CCl)nc3cc(Cl)ccc32)no1. The summed E-state index contributed by atoms with van der Waals surface area (Å²) < 4.78 is 6.93. The fourth-order valence-corrected chi connectivity index (χ4v) is 2.35. The van der Waals surface area contributed by atoms with Crippen LogP contribution in [0.3, 0.4) is 0 Å². The van der Waals surface area contributed by atoms with Crippen molar-refractivity contribution in [3.05, 3.63) is 40.8 Å². The smallest absolute Gasteiger partial charge is 0.223 e. The highest BCUT2D eigenvalue weighted by atomic mass is 35.5. The summed E-state index contributed by atoms with van der Waals surface area (Å²) in [6.45, 7) is 2.22. The molecule has 1 aromatic carbocycles. The lowest BCUT2D eigenvalue weighted by Gasteiger charge is -2.03. The Balaban J connectivity index is 2.10. The maximum atomic E-state index is 5.97. The fourth-order valence-electron chi connectivity index (χ4n) is 1.98. The number of halogens is 2. The van der Waals surface area contributed by atoms with Gasteiger partial charge in [-0.3, -0.25) is 0 Å². The van der Waals surface area contributed by atoms with Gasteiger partial charge in [0.05, 0.1) is 23.5 Å². The third-order valence-electron chi connectivity index (χ3n) is 2.78. The van der Waals surface area contributed by atoms with Crippen LogP contribution >= 0.6 is 23.2 Å². The second kappa shape index (κ2) is 4.83. The first-order chi connectivity index (χ1) is 9.17. The van der Waals surface area contributed by atoms with Gasteiger partial charge < -0.3 is 9.09 Å². The molecule has 0 fully saturated rings. The molecular formula is C12H10Cl2N4O. The number of benzene rings is 1. The molecule has 0 amide bonds. The minimum atomic E-state index is 0.309. The molecule has 0 unspecified atom stereocenters. The fraction of sp³-hybridized carbons (Fsp3) is 0.250. The summed E-state index contributed by atoms with van der Waals surface area (Å²) in [5, 5.41) is 4.53. The zero-order valence-electron chi connectivity index (χ0n) is 10.1. The van der Waals surface area contributed by atoms with Crippen molar-refractivity contribution in [3.8, 4) is 0 Å². The molecule has 0 aliphatic carbocycles. The summed E-state index contributed by atoms with van der Waals surface area (Å²) in [5.74, 6) is 2.19. The Morgan fingerprint density at radius 2 is 2.16 bits per heavy atom. The highest BCUT2D eigenvalue weighted by Crippen LogP contribution is 2.22. The molecule has 0 spiro atoms. The van der Waals surface area contributed by atoms with Crippen LogP contribution in [0.4, 0.5) is 0 Å². The Morgan fingerprint density at radius 3 is 2.84 bits per heavy atom. The van der Waals surface area contributed by atoms with Gasteiger partial charge in [-0.25, -0.2) is 4.98 Å². The first-order valence-corrected chi connectivity index (χ1v) is 6.58. The zero-order valence-corrected chi connectivity index (χ0v) is 11.6. The molecule has 19 heavy (non-hydrogen) atoms. The molecule has 7 heteroatoms. The number of hydrogen-bond acceptors (Lipinski definition) is 4. The van der Waals surface area contributed by atoms with Crippen LogP contribution in [0.25, 0.3) is 11.0 Å². The van der Waals surface area contributed by atoms with Crippen molar-refractivity contribution in [3.63, 3.8) is 0 Å². The molecule has 2 aromatic heterocycles. The third-order valence-corrected chi connectivity index (χ3v) is 3.25.